The standard InChI is InChI=1S/C8H12N2OS/c1-3-8(2,6(9)11)7-10-4-5-12-7/h4-5H,3H2,1-2H3,(H2,9,11). The lowest BCUT2D eigenvalue weighted by atomic mass is 9.88. The van der Waals surface area contributed by atoms with Crippen LogP contribution in [0.2, 0.25) is 0 Å². The monoisotopic (exact) mass is 184 g/mol. The number of primary amides is 1. The molecular formula is C8H12N2OS. The molecule has 0 saturated carbocycles. The number of aromatic nitrogens is 1. The smallest absolute Gasteiger partial charge is 0.230 e. The van der Waals surface area contributed by atoms with Gasteiger partial charge in [-0.1, -0.05) is 6.92 Å². The summed E-state index contributed by atoms with van der Waals surface area (Å²) in [5.74, 6) is -0.306. The van der Waals surface area contributed by atoms with E-state index >= 15 is 0 Å². The summed E-state index contributed by atoms with van der Waals surface area (Å²) in [5, 5.41) is 2.66. The zero-order chi connectivity index (χ0) is 9.19. The number of nitrogens with two attached hydrogens (primary N) is 1. The van der Waals surface area contributed by atoms with Gasteiger partial charge in [0.15, 0.2) is 0 Å². The Balaban J connectivity index is 3.04. The fourth-order valence-corrected chi connectivity index (χ4v) is 1.80. The maximum absolute atomic E-state index is 11.1. The van der Waals surface area contributed by atoms with Crippen LogP contribution in [0.5, 0.6) is 0 Å². The molecule has 1 heterocycles. The van der Waals surface area contributed by atoms with E-state index in [-0.39, 0.29) is 5.91 Å². The van der Waals surface area contributed by atoms with E-state index in [9.17, 15) is 4.79 Å². The summed E-state index contributed by atoms with van der Waals surface area (Å²) < 4.78 is 0. The molecular weight excluding hydrogens is 172 g/mol. The third kappa shape index (κ3) is 1.34. The van der Waals surface area contributed by atoms with Gasteiger partial charge in [-0.3, -0.25) is 4.79 Å². The summed E-state index contributed by atoms with van der Waals surface area (Å²) in [6, 6.07) is 0. The van der Waals surface area contributed by atoms with E-state index in [1.807, 2.05) is 19.2 Å². The number of rotatable bonds is 3. The average molecular weight is 184 g/mol. The molecule has 0 spiro atoms. The van der Waals surface area contributed by atoms with Crippen LogP contribution >= 0.6 is 11.3 Å². The van der Waals surface area contributed by atoms with Crippen molar-refractivity contribution < 1.29 is 4.79 Å². The highest BCUT2D eigenvalue weighted by molar-refractivity contribution is 7.09. The molecule has 0 radical (unpaired) electrons. The summed E-state index contributed by atoms with van der Waals surface area (Å²) >= 11 is 1.47. The van der Waals surface area contributed by atoms with Gasteiger partial charge in [0.2, 0.25) is 5.91 Å². The molecule has 1 aromatic rings. The second-order valence-corrected chi connectivity index (χ2v) is 3.78. The van der Waals surface area contributed by atoms with Crippen LogP contribution in [0.4, 0.5) is 0 Å². The van der Waals surface area contributed by atoms with Crippen molar-refractivity contribution in [2.24, 2.45) is 5.73 Å². The highest BCUT2D eigenvalue weighted by Crippen LogP contribution is 2.28. The number of hydrogen-bond donors (Lipinski definition) is 1. The zero-order valence-corrected chi connectivity index (χ0v) is 8.02. The molecule has 0 aliphatic carbocycles. The first-order valence-corrected chi connectivity index (χ1v) is 4.69. The molecule has 1 aromatic heterocycles. The largest absolute Gasteiger partial charge is 0.369 e. The Bertz CT molecular complexity index is 271. The first kappa shape index (κ1) is 9.19. The molecule has 1 rings (SSSR count). The minimum atomic E-state index is -0.589. The van der Waals surface area contributed by atoms with Crippen LogP contribution in [0.25, 0.3) is 0 Å². The summed E-state index contributed by atoms with van der Waals surface area (Å²) in [7, 11) is 0. The quantitative estimate of drug-likeness (QED) is 0.769. The molecule has 1 unspecified atom stereocenters. The van der Waals surface area contributed by atoms with Gasteiger partial charge in [-0.2, -0.15) is 0 Å². The lowest BCUT2D eigenvalue weighted by molar-refractivity contribution is -0.123. The molecule has 4 heteroatoms. The van der Waals surface area contributed by atoms with Crippen LogP contribution in [0.1, 0.15) is 25.3 Å². The van der Waals surface area contributed by atoms with Crippen molar-refractivity contribution in [1.29, 1.82) is 0 Å². The molecule has 0 bridgehead atoms. The summed E-state index contributed by atoms with van der Waals surface area (Å²) in [5.41, 5.74) is 4.71. The lowest BCUT2D eigenvalue weighted by Gasteiger charge is -2.20. The summed E-state index contributed by atoms with van der Waals surface area (Å²) in [4.78, 5) is 15.2. The van der Waals surface area contributed by atoms with E-state index in [4.69, 9.17) is 5.73 Å². The van der Waals surface area contributed by atoms with E-state index in [1.54, 1.807) is 6.20 Å². The molecule has 2 N–H and O–H groups in total. The average Bonchev–Trinajstić information content (AvgIpc) is 2.54. The Hall–Kier alpha value is -0.900. The number of hydrogen-bond acceptors (Lipinski definition) is 3. The SMILES string of the molecule is CCC(C)(C(N)=O)c1nccs1. The molecule has 0 saturated heterocycles. The second-order valence-electron chi connectivity index (χ2n) is 2.89. The van der Waals surface area contributed by atoms with Gasteiger partial charge >= 0.3 is 0 Å². The van der Waals surface area contributed by atoms with Gasteiger partial charge < -0.3 is 5.73 Å². The molecule has 1 amide bonds. The fraction of sp³-hybridized carbons (Fsp3) is 0.500. The molecule has 1 atom stereocenters. The Morgan fingerprint density at radius 2 is 2.50 bits per heavy atom. The normalized spacial score (nSPS) is 15.5. The predicted octanol–water partition coefficient (Wildman–Crippen LogP) is 1.30. The van der Waals surface area contributed by atoms with Crippen molar-refractivity contribution in [2.45, 2.75) is 25.7 Å². The number of amides is 1. The Kier molecular flexibility index (Phi) is 2.47. The van der Waals surface area contributed by atoms with Gasteiger partial charge in [-0.15, -0.1) is 11.3 Å². The van der Waals surface area contributed by atoms with Crippen LogP contribution in [0.3, 0.4) is 0 Å². The third-order valence-corrected chi connectivity index (χ3v) is 3.19. The maximum Gasteiger partial charge on any atom is 0.230 e. The second kappa shape index (κ2) is 3.23. The molecule has 0 fully saturated rings. The van der Waals surface area contributed by atoms with Gasteiger partial charge in [-0.25, -0.2) is 4.98 Å². The third-order valence-electron chi connectivity index (χ3n) is 2.16. The van der Waals surface area contributed by atoms with Crippen molar-refractivity contribution in [3.63, 3.8) is 0 Å². The Morgan fingerprint density at radius 3 is 2.83 bits per heavy atom. The highest BCUT2D eigenvalue weighted by atomic mass is 32.1. The minimum Gasteiger partial charge on any atom is -0.369 e. The molecule has 3 nitrogen and oxygen atoms in total. The van der Waals surface area contributed by atoms with Crippen LogP contribution in [-0.4, -0.2) is 10.9 Å². The number of carbonyl (C=O) groups is 1. The molecule has 66 valence electrons. The van der Waals surface area contributed by atoms with Gasteiger partial charge in [0.05, 0.1) is 5.41 Å². The van der Waals surface area contributed by atoms with Crippen LogP contribution < -0.4 is 5.73 Å². The first-order chi connectivity index (χ1) is 5.61. The number of carbonyl (C=O) groups excluding carboxylic acids is 1. The topological polar surface area (TPSA) is 56.0 Å². The van der Waals surface area contributed by atoms with Crippen molar-refractivity contribution in [2.75, 3.05) is 0 Å². The van der Waals surface area contributed by atoms with Crippen LogP contribution in [-0.2, 0) is 10.2 Å². The molecule has 0 aliphatic heterocycles. The van der Waals surface area contributed by atoms with E-state index in [0.29, 0.717) is 6.42 Å². The molecule has 0 aliphatic rings. The highest BCUT2D eigenvalue weighted by Gasteiger charge is 2.33. The molecule has 0 aromatic carbocycles. The lowest BCUT2D eigenvalue weighted by Crippen LogP contribution is -2.37. The minimum absolute atomic E-state index is 0.306. The number of thiazole rings is 1. The summed E-state index contributed by atoms with van der Waals surface area (Å²) in [6.07, 6.45) is 2.38. The summed E-state index contributed by atoms with van der Waals surface area (Å²) in [6.45, 7) is 3.76. The van der Waals surface area contributed by atoms with Crippen molar-refractivity contribution in [1.82, 2.24) is 4.98 Å². The maximum atomic E-state index is 11.1. The first-order valence-electron chi connectivity index (χ1n) is 3.81. The zero-order valence-electron chi connectivity index (χ0n) is 7.20. The predicted molar refractivity (Wildman–Crippen MR) is 49.0 cm³/mol. The van der Waals surface area contributed by atoms with Gasteiger partial charge in [-0.05, 0) is 13.3 Å². The van der Waals surface area contributed by atoms with Crippen molar-refractivity contribution in [3.8, 4) is 0 Å². The van der Waals surface area contributed by atoms with E-state index in [0.717, 1.165) is 5.01 Å². The fourth-order valence-electron chi connectivity index (χ4n) is 0.927. The van der Waals surface area contributed by atoms with E-state index < -0.39 is 5.41 Å². The van der Waals surface area contributed by atoms with Crippen molar-refractivity contribution >= 4 is 17.2 Å². The van der Waals surface area contributed by atoms with Gasteiger partial charge in [0.1, 0.15) is 5.01 Å². The Morgan fingerprint density at radius 1 is 1.83 bits per heavy atom. The van der Waals surface area contributed by atoms with Crippen LogP contribution in [0.15, 0.2) is 11.6 Å². The van der Waals surface area contributed by atoms with Crippen molar-refractivity contribution in [3.05, 3.63) is 16.6 Å². The Labute approximate surface area is 75.6 Å². The van der Waals surface area contributed by atoms with Gasteiger partial charge in [0, 0.05) is 11.6 Å². The van der Waals surface area contributed by atoms with Gasteiger partial charge in [0.25, 0.3) is 0 Å². The number of nitrogens with zero attached hydrogens (tertiary/aromatic N) is 1. The van der Waals surface area contributed by atoms with E-state index in [1.165, 1.54) is 11.3 Å². The van der Waals surface area contributed by atoms with E-state index in [2.05, 4.69) is 4.98 Å². The van der Waals surface area contributed by atoms with Crippen LogP contribution in [0, 0.1) is 0 Å². The molecule has 12 heavy (non-hydrogen) atoms.